The summed E-state index contributed by atoms with van der Waals surface area (Å²) in [4.78, 5) is 22.1. The molecule has 0 bridgehead atoms. The second-order valence-corrected chi connectivity index (χ2v) is 6.95. The van der Waals surface area contributed by atoms with E-state index < -0.39 is 0 Å². The first kappa shape index (κ1) is 15.2. The van der Waals surface area contributed by atoms with Gasteiger partial charge in [-0.15, -0.1) is 11.3 Å². The first-order valence-corrected chi connectivity index (χ1v) is 8.62. The van der Waals surface area contributed by atoms with Crippen molar-refractivity contribution in [3.05, 3.63) is 34.8 Å². The fraction of sp³-hybridized carbons (Fsp3) is 0.375. The molecule has 2 aromatic rings. The lowest BCUT2D eigenvalue weighted by Crippen LogP contribution is -2.48. The van der Waals surface area contributed by atoms with Crippen LogP contribution in [0.25, 0.3) is 0 Å². The summed E-state index contributed by atoms with van der Waals surface area (Å²) in [6.45, 7) is 4.15. The summed E-state index contributed by atoms with van der Waals surface area (Å²) in [5.74, 6) is 1.37. The number of amides is 1. The van der Waals surface area contributed by atoms with E-state index in [4.69, 9.17) is 15.2 Å². The Labute approximate surface area is 143 Å². The highest BCUT2D eigenvalue weighted by atomic mass is 32.1. The molecule has 2 aliphatic heterocycles. The van der Waals surface area contributed by atoms with E-state index in [9.17, 15) is 4.79 Å². The molecule has 0 unspecified atom stereocenters. The molecular formula is C16H18N4O3S. The van der Waals surface area contributed by atoms with Crippen molar-refractivity contribution in [2.24, 2.45) is 0 Å². The molecule has 0 saturated carbocycles. The Hall–Kier alpha value is -2.32. The summed E-state index contributed by atoms with van der Waals surface area (Å²) in [6, 6.07) is 5.35. The summed E-state index contributed by atoms with van der Waals surface area (Å²) in [5, 5.41) is 0.599. The summed E-state index contributed by atoms with van der Waals surface area (Å²) in [5.41, 5.74) is 6.31. The van der Waals surface area contributed by atoms with E-state index >= 15 is 0 Å². The Bertz CT molecular complexity index is 756. The molecule has 0 aliphatic carbocycles. The van der Waals surface area contributed by atoms with Gasteiger partial charge < -0.3 is 20.1 Å². The van der Waals surface area contributed by atoms with Crippen LogP contribution in [0.4, 0.5) is 5.13 Å². The van der Waals surface area contributed by atoms with E-state index in [-0.39, 0.29) is 12.7 Å². The predicted octanol–water partition coefficient (Wildman–Crippen LogP) is 1.41. The predicted molar refractivity (Wildman–Crippen MR) is 90.3 cm³/mol. The van der Waals surface area contributed by atoms with Gasteiger partial charge in [0.05, 0.1) is 0 Å². The lowest BCUT2D eigenvalue weighted by molar-refractivity contribution is 0.0629. The molecule has 0 atom stereocenters. The molecule has 7 nitrogen and oxygen atoms in total. The van der Waals surface area contributed by atoms with Gasteiger partial charge in [0.15, 0.2) is 16.6 Å². The van der Waals surface area contributed by atoms with E-state index in [0.717, 1.165) is 24.5 Å². The maximum absolute atomic E-state index is 12.7. The van der Waals surface area contributed by atoms with Crippen molar-refractivity contribution in [1.82, 2.24) is 14.8 Å². The molecular weight excluding hydrogens is 328 g/mol. The molecule has 1 fully saturated rings. The fourth-order valence-corrected chi connectivity index (χ4v) is 3.66. The van der Waals surface area contributed by atoms with Crippen LogP contribution in [0.3, 0.4) is 0 Å². The average molecular weight is 346 g/mol. The van der Waals surface area contributed by atoms with Gasteiger partial charge in [0.25, 0.3) is 5.91 Å². The molecule has 2 N–H and O–H groups in total. The lowest BCUT2D eigenvalue weighted by atomic mass is 10.1. The molecule has 3 heterocycles. The highest BCUT2D eigenvalue weighted by Crippen LogP contribution is 2.32. The second kappa shape index (κ2) is 6.29. The van der Waals surface area contributed by atoms with Crippen molar-refractivity contribution < 1.29 is 14.3 Å². The van der Waals surface area contributed by atoms with Crippen LogP contribution < -0.4 is 15.2 Å². The molecule has 126 valence electrons. The quantitative estimate of drug-likeness (QED) is 0.905. The van der Waals surface area contributed by atoms with Crippen LogP contribution in [0.5, 0.6) is 11.5 Å². The zero-order valence-corrected chi connectivity index (χ0v) is 13.9. The second-order valence-electron chi connectivity index (χ2n) is 5.80. The van der Waals surface area contributed by atoms with Crippen molar-refractivity contribution in [1.29, 1.82) is 0 Å². The number of fused-ring (bicyclic) bond motifs is 1. The highest BCUT2D eigenvalue weighted by Gasteiger charge is 2.24. The molecule has 1 amide bonds. The van der Waals surface area contributed by atoms with Crippen molar-refractivity contribution in [2.75, 3.05) is 38.7 Å². The van der Waals surface area contributed by atoms with E-state index in [1.807, 2.05) is 11.1 Å². The Morgan fingerprint density at radius 2 is 2.00 bits per heavy atom. The van der Waals surface area contributed by atoms with Crippen LogP contribution in [0, 0.1) is 0 Å². The van der Waals surface area contributed by atoms with Crippen LogP contribution >= 0.6 is 11.3 Å². The number of hydrogen-bond donors (Lipinski definition) is 1. The van der Waals surface area contributed by atoms with Crippen molar-refractivity contribution in [2.45, 2.75) is 6.54 Å². The van der Waals surface area contributed by atoms with Gasteiger partial charge in [-0.25, -0.2) is 4.98 Å². The third-order valence-corrected chi connectivity index (χ3v) is 5.04. The number of thiazole rings is 1. The Morgan fingerprint density at radius 1 is 1.21 bits per heavy atom. The third kappa shape index (κ3) is 3.02. The van der Waals surface area contributed by atoms with Crippen LogP contribution in [-0.2, 0) is 6.54 Å². The van der Waals surface area contributed by atoms with Crippen molar-refractivity contribution in [3.63, 3.8) is 0 Å². The smallest absolute Gasteiger partial charge is 0.254 e. The number of hydrogen-bond acceptors (Lipinski definition) is 7. The Morgan fingerprint density at radius 3 is 2.75 bits per heavy atom. The van der Waals surface area contributed by atoms with Gasteiger partial charge in [-0.2, -0.15) is 0 Å². The zero-order valence-electron chi connectivity index (χ0n) is 13.1. The number of carbonyl (C=O) groups is 1. The maximum Gasteiger partial charge on any atom is 0.254 e. The zero-order chi connectivity index (χ0) is 16.5. The number of ether oxygens (including phenoxy) is 2. The van der Waals surface area contributed by atoms with E-state index in [1.165, 1.54) is 11.3 Å². The van der Waals surface area contributed by atoms with Crippen LogP contribution in [0.2, 0.25) is 0 Å². The van der Waals surface area contributed by atoms with Gasteiger partial charge >= 0.3 is 0 Å². The summed E-state index contributed by atoms with van der Waals surface area (Å²) in [6.07, 6.45) is 1.82. The van der Waals surface area contributed by atoms with Gasteiger partial charge in [-0.1, -0.05) is 0 Å². The molecule has 0 radical (unpaired) electrons. The number of piperazine rings is 1. The Kier molecular flexibility index (Phi) is 3.99. The van der Waals surface area contributed by atoms with Crippen LogP contribution in [0.1, 0.15) is 15.2 Å². The normalized spacial score (nSPS) is 17.2. The lowest BCUT2D eigenvalue weighted by Gasteiger charge is -2.34. The number of nitrogens with zero attached hydrogens (tertiary/aromatic N) is 3. The van der Waals surface area contributed by atoms with E-state index in [1.54, 1.807) is 18.2 Å². The van der Waals surface area contributed by atoms with Gasteiger partial charge in [0.1, 0.15) is 0 Å². The van der Waals surface area contributed by atoms with Crippen molar-refractivity contribution in [3.8, 4) is 11.5 Å². The molecule has 8 heteroatoms. The highest BCUT2D eigenvalue weighted by molar-refractivity contribution is 7.15. The minimum Gasteiger partial charge on any atom is -0.454 e. The molecule has 1 aromatic heterocycles. The molecule has 0 spiro atoms. The van der Waals surface area contributed by atoms with Gasteiger partial charge in [0, 0.05) is 49.4 Å². The number of nitrogens with two attached hydrogens (primary N) is 1. The average Bonchev–Trinajstić information content (AvgIpc) is 3.23. The maximum atomic E-state index is 12.7. The Balaban J connectivity index is 1.36. The first-order chi connectivity index (χ1) is 11.7. The standard InChI is InChI=1S/C16H18N4O3S/c17-16-18-8-12(24-16)9-19-3-5-20(6-4-19)15(21)11-1-2-13-14(7-11)23-10-22-13/h1-2,7-8H,3-6,9-10H2,(H2,17,18). The van der Waals surface area contributed by atoms with E-state index in [0.29, 0.717) is 35.3 Å². The monoisotopic (exact) mass is 346 g/mol. The SMILES string of the molecule is Nc1ncc(CN2CCN(C(=O)c3ccc4c(c3)OCO4)CC2)s1. The molecule has 1 saturated heterocycles. The largest absolute Gasteiger partial charge is 0.454 e. The number of benzene rings is 1. The number of aromatic nitrogens is 1. The first-order valence-electron chi connectivity index (χ1n) is 7.80. The number of nitrogen functional groups attached to an aromatic ring is 1. The minimum absolute atomic E-state index is 0.0370. The molecule has 2 aliphatic rings. The topological polar surface area (TPSA) is 80.9 Å². The van der Waals surface area contributed by atoms with Crippen LogP contribution in [-0.4, -0.2) is 53.7 Å². The number of rotatable bonds is 3. The summed E-state index contributed by atoms with van der Waals surface area (Å²) < 4.78 is 10.6. The van der Waals surface area contributed by atoms with Crippen LogP contribution in [0.15, 0.2) is 24.4 Å². The van der Waals surface area contributed by atoms with E-state index in [2.05, 4.69) is 9.88 Å². The van der Waals surface area contributed by atoms with Crippen molar-refractivity contribution >= 4 is 22.4 Å². The molecule has 4 rings (SSSR count). The molecule has 1 aromatic carbocycles. The summed E-state index contributed by atoms with van der Waals surface area (Å²) >= 11 is 1.52. The summed E-state index contributed by atoms with van der Waals surface area (Å²) in [7, 11) is 0. The molecule has 24 heavy (non-hydrogen) atoms. The minimum atomic E-state index is 0.0370. The fourth-order valence-electron chi connectivity index (χ4n) is 2.94. The third-order valence-electron chi connectivity index (χ3n) is 4.23. The number of carbonyl (C=O) groups excluding carboxylic acids is 1. The van der Waals surface area contributed by atoms with Gasteiger partial charge in [-0.05, 0) is 18.2 Å². The van der Waals surface area contributed by atoms with Gasteiger partial charge in [0.2, 0.25) is 6.79 Å². The van der Waals surface area contributed by atoms with Gasteiger partial charge in [-0.3, -0.25) is 9.69 Å². The number of anilines is 1.